The van der Waals surface area contributed by atoms with Crippen LogP contribution in [0.3, 0.4) is 0 Å². The Kier molecular flexibility index (Phi) is 8.61. The fourth-order valence-corrected chi connectivity index (χ4v) is 4.81. The number of morpholine rings is 1. The van der Waals surface area contributed by atoms with E-state index in [0.29, 0.717) is 37.1 Å². The second-order valence-corrected chi connectivity index (χ2v) is 9.03. The molecule has 0 radical (unpaired) electrons. The minimum atomic E-state index is 0.169. The van der Waals surface area contributed by atoms with Crippen LogP contribution in [-0.4, -0.2) is 60.9 Å². The number of nitrogens with zero attached hydrogens (tertiary/aromatic N) is 3. The van der Waals surface area contributed by atoms with Crippen LogP contribution < -0.4 is 0 Å². The average Bonchev–Trinajstić information content (AvgIpc) is 2.77. The Morgan fingerprint density at radius 1 is 1.21 bits per heavy atom. The molecule has 0 atom stereocenters. The van der Waals surface area contributed by atoms with Gasteiger partial charge in [-0.2, -0.15) is 0 Å². The van der Waals surface area contributed by atoms with Gasteiger partial charge in [0.15, 0.2) is 0 Å². The third-order valence-corrected chi connectivity index (χ3v) is 6.71. The van der Waals surface area contributed by atoms with Gasteiger partial charge in [-0.05, 0) is 42.6 Å². The molecule has 1 heterocycles. The molecule has 2 aromatic carbocycles. The molecular weight excluding hydrogens is 426 g/mol. The predicted octanol–water partition coefficient (Wildman–Crippen LogP) is 5.06. The number of carbonyl (C=O) groups excluding carboxylic acids is 1. The third kappa shape index (κ3) is 6.89. The summed E-state index contributed by atoms with van der Waals surface area (Å²) in [4.78, 5) is 23.7. The Bertz CT molecular complexity index is 869. The Morgan fingerprint density at radius 2 is 1.97 bits per heavy atom. The smallest absolute Gasteiger partial charge is 0.232 e. The van der Waals surface area contributed by atoms with E-state index in [0.717, 1.165) is 26.9 Å². The summed E-state index contributed by atoms with van der Waals surface area (Å²) in [7, 11) is 0. The van der Waals surface area contributed by atoms with E-state index >= 15 is 0 Å². The zero-order valence-corrected chi connectivity index (χ0v) is 18.3. The van der Waals surface area contributed by atoms with Gasteiger partial charge >= 0.3 is 0 Å². The van der Waals surface area contributed by atoms with Gasteiger partial charge < -0.3 is 9.64 Å². The van der Waals surface area contributed by atoms with Crippen molar-refractivity contribution in [1.29, 1.82) is 0 Å². The molecule has 0 saturated carbocycles. The lowest BCUT2D eigenvalue weighted by Crippen LogP contribution is -2.41. The van der Waals surface area contributed by atoms with E-state index in [2.05, 4.69) is 16.7 Å². The number of hydrogen-bond acceptors (Lipinski definition) is 6. The van der Waals surface area contributed by atoms with Crippen molar-refractivity contribution in [2.24, 2.45) is 9.98 Å². The van der Waals surface area contributed by atoms with Gasteiger partial charge in [0.25, 0.3) is 0 Å². The molecule has 29 heavy (non-hydrogen) atoms. The first-order chi connectivity index (χ1) is 14.2. The number of thioether (sulfide) groups is 2. The van der Waals surface area contributed by atoms with Crippen molar-refractivity contribution in [3.63, 3.8) is 0 Å². The molecule has 5 nitrogen and oxygen atoms in total. The zero-order chi connectivity index (χ0) is 20.5. The Morgan fingerprint density at radius 3 is 2.69 bits per heavy atom. The van der Waals surface area contributed by atoms with Crippen molar-refractivity contribution < 1.29 is 9.53 Å². The highest BCUT2D eigenvalue weighted by Crippen LogP contribution is 2.34. The summed E-state index contributed by atoms with van der Waals surface area (Å²) >= 11 is 9.16. The van der Waals surface area contributed by atoms with Crippen molar-refractivity contribution in [2.45, 2.75) is 4.90 Å². The molecule has 1 aliphatic heterocycles. The molecule has 0 aromatic heterocycles. The van der Waals surface area contributed by atoms with Crippen molar-refractivity contribution in [3.8, 4) is 0 Å². The maximum atomic E-state index is 12.2. The summed E-state index contributed by atoms with van der Waals surface area (Å²) in [5, 5.41) is 1.45. The topological polar surface area (TPSA) is 54.3 Å². The number of rotatable bonds is 8. The zero-order valence-electron chi connectivity index (χ0n) is 15.9. The van der Waals surface area contributed by atoms with Crippen molar-refractivity contribution in [3.05, 3.63) is 53.1 Å². The van der Waals surface area contributed by atoms with Gasteiger partial charge in [0, 0.05) is 34.3 Å². The number of benzene rings is 2. The minimum absolute atomic E-state index is 0.169. The van der Waals surface area contributed by atoms with E-state index in [9.17, 15) is 4.79 Å². The quantitative estimate of drug-likeness (QED) is 0.245. The summed E-state index contributed by atoms with van der Waals surface area (Å²) in [6.45, 7) is 6.27. The molecule has 0 N–H and O–H groups in total. The first kappa shape index (κ1) is 21.9. The molecular formula is C21H22ClN3O2S2. The summed E-state index contributed by atoms with van der Waals surface area (Å²) in [5.74, 6) is 0.639. The number of ether oxygens (including phenoxy) is 1. The van der Waals surface area contributed by atoms with Crippen LogP contribution in [0.15, 0.2) is 57.3 Å². The minimum Gasteiger partial charge on any atom is -0.378 e. The molecule has 2 aromatic rings. The number of carbonyl (C=O) groups is 1. The SMILES string of the molecule is C=Nc1ccc(N=Cc2ccc(Cl)cc2)cc1SCSCC(=O)N1CCOCC1. The van der Waals surface area contributed by atoms with Gasteiger partial charge in [-0.1, -0.05) is 23.7 Å². The highest BCUT2D eigenvalue weighted by molar-refractivity contribution is 8.16. The maximum Gasteiger partial charge on any atom is 0.232 e. The van der Waals surface area contributed by atoms with Crippen molar-refractivity contribution in [2.75, 3.05) is 37.1 Å². The molecule has 0 aliphatic carbocycles. The van der Waals surface area contributed by atoms with E-state index in [1.54, 1.807) is 29.7 Å². The van der Waals surface area contributed by atoms with Gasteiger partial charge in [-0.3, -0.25) is 14.8 Å². The van der Waals surface area contributed by atoms with E-state index in [4.69, 9.17) is 16.3 Å². The molecule has 152 valence electrons. The van der Waals surface area contributed by atoms with Crippen molar-refractivity contribution >= 4 is 65.3 Å². The normalized spacial score (nSPS) is 14.3. The Labute approximate surface area is 184 Å². The maximum absolute atomic E-state index is 12.2. The second-order valence-electron chi connectivity index (χ2n) is 6.22. The molecule has 0 unspecified atom stereocenters. The lowest BCUT2D eigenvalue weighted by atomic mass is 10.2. The average molecular weight is 448 g/mol. The number of aliphatic imine (C=N–C) groups is 2. The van der Waals surface area contributed by atoms with E-state index < -0.39 is 0 Å². The summed E-state index contributed by atoms with van der Waals surface area (Å²) in [6, 6.07) is 13.3. The van der Waals surface area contributed by atoms with Crippen LogP contribution in [0.4, 0.5) is 11.4 Å². The van der Waals surface area contributed by atoms with Crippen LogP contribution in [0.25, 0.3) is 0 Å². The molecule has 0 spiro atoms. The van der Waals surface area contributed by atoms with Crippen LogP contribution >= 0.6 is 35.1 Å². The molecule has 1 saturated heterocycles. The number of hydrogen-bond donors (Lipinski definition) is 0. The fraction of sp³-hybridized carbons (Fsp3) is 0.286. The molecule has 8 heteroatoms. The van der Waals surface area contributed by atoms with E-state index in [-0.39, 0.29) is 5.91 Å². The Hall–Kier alpha value is -1.80. The molecule has 0 bridgehead atoms. The lowest BCUT2D eigenvalue weighted by Gasteiger charge is -2.26. The van der Waals surface area contributed by atoms with Gasteiger partial charge in [-0.25, -0.2) is 0 Å². The summed E-state index contributed by atoms with van der Waals surface area (Å²) in [5.41, 5.74) is 2.64. The summed E-state index contributed by atoms with van der Waals surface area (Å²) < 4.78 is 5.28. The highest BCUT2D eigenvalue weighted by atomic mass is 35.5. The van der Waals surface area contributed by atoms with Crippen molar-refractivity contribution in [1.82, 2.24) is 4.90 Å². The molecule has 1 amide bonds. The van der Waals surface area contributed by atoms with Gasteiger partial charge in [0.05, 0.1) is 30.3 Å². The first-order valence-corrected chi connectivity index (χ1v) is 11.6. The molecule has 1 aliphatic rings. The first-order valence-electron chi connectivity index (χ1n) is 9.12. The predicted molar refractivity (Wildman–Crippen MR) is 125 cm³/mol. The second kappa shape index (κ2) is 11.4. The standard InChI is InChI=1S/C21H22ClN3O2S2/c1-23-19-7-6-18(24-13-16-2-4-17(22)5-3-16)12-20(19)29-15-28-14-21(26)25-8-10-27-11-9-25/h2-7,12-13H,1,8-11,14-15H2. The lowest BCUT2D eigenvalue weighted by molar-refractivity contribution is -0.132. The number of halogens is 1. The van der Waals surface area contributed by atoms with Crippen LogP contribution in [0, 0.1) is 0 Å². The Balaban J connectivity index is 1.55. The van der Waals surface area contributed by atoms with E-state index in [1.165, 1.54) is 0 Å². The van der Waals surface area contributed by atoms with Crippen LogP contribution in [0.2, 0.25) is 5.02 Å². The third-order valence-electron chi connectivity index (χ3n) is 4.23. The van der Waals surface area contributed by atoms with Gasteiger partial charge in [0.1, 0.15) is 0 Å². The van der Waals surface area contributed by atoms with E-state index in [1.807, 2.05) is 47.4 Å². The summed E-state index contributed by atoms with van der Waals surface area (Å²) in [6.07, 6.45) is 1.80. The molecule has 1 fully saturated rings. The van der Waals surface area contributed by atoms with Gasteiger partial charge in [-0.15, -0.1) is 23.5 Å². The van der Waals surface area contributed by atoms with Crippen LogP contribution in [0.5, 0.6) is 0 Å². The molecule has 3 rings (SSSR count). The van der Waals surface area contributed by atoms with Crippen LogP contribution in [0.1, 0.15) is 5.56 Å². The van der Waals surface area contributed by atoms with Crippen LogP contribution in [-0.2, 0) is 9.53 Å². The largest absolute Gasteiger partial charge is 0.378 e. The monoisotopic (exact) mass is 447 g/mol. The highest BCUT2D eigenvalue weighted by Gasteiger charge is 2.16. The number of amides is 1. The fourth-order valence-electron chi connectivity index (χ4n) is 2.67. The van der Waals surface area contributed by atoms with Gasteiger partial charge in [0.2, 0.25) is 5.91 Å².